The number of nitrogen functional groups attached to an aromatic ring is 1. The number of nitrogens with two attached hydrogens (primary N) is 1. The zero-order valence-corrected chi connectivity index (χ0v) is 19.3. The number of anilines is 4. The third kappa shape index (κ3) is 4.98. The minimum absolute atomic E-state index is 0.173. The van der Waals surface area contributed by atoms with E-state index in [2.05, 4.69) is 20.2 Å². The molecule has 6 rings (SSSR count). The molecule has 1 aromatic carbocycles. The summed E-state index contributed by atoms with van der Waals surface area (Å²) in [7, 11) is 1.47. The maximum Gasteiger partial charge on any atom is 0.236 e. The highest BCUT2D eigenvalue weighted by molar-refractivity contribution is 5.60. The van der Waals surface area contributed by atoms with E-state index in [0.29, 0.717) is 42.0 Å². The van der Waals surface area contributed by atoms with Gasteiger partial charge in [0.25, 0.3) is 0 Å². The van der Waals surface area contributed by atoms with Crippen LogP contribution in [0.5, 0.6) is 5.75 Å². The Morgan fingerprint density at radius 1 is 1.12 bits per heavy atom. The van der Waals surface area contributed by atoms with E-state index in [1.807, 2.05) is 11.0 Å². The molecule has 1 saturated carbocycles. The second-order valence-corrected chi connectivity index (χ2v) is 9.64. The number of hydrogen-bond acceptors (Lipinski definition) is 8. The molecule has 33 heavy (non-hydrogen) atoms. The van der Waals surface area contributed by atoms with Gasteiger partial charge in [-0.2, -0.15) is 15.0 Å². The van der Waals surface area contributed by atoms with Crippen molar-refractivity contribution in [3.8, 4) is 5.75 Å². The van der Waals surface area contributed by atoms with Crippen molar-refractivity contribution in [1.82, 2.24) is 19.9 Å². The molecule has 3 saturated heterocycles. The average molecular weight is 456 g/mol. The molecule has 1 aromatic heterocycles. The van der Waals surface area contributed by atoms with Gasteiger partial charge in [-0.15, -0.1) is 0 Å². The van der Waals surface area contributed by atoms with Gasteiger partial charge >= 0.3 is 0 Å². The normalized spacial score (nSPS) is 25.1. The summed E-state index contributed by atoms with van der Waals surface area (Å²) in [6, 6.07) is 5.30. The van der Waals surface area contributed by atoms with Crippen molar-refractivity contribution < 1.29 is 9.13 Å². The van der Waals surface area contributed by atoms with Crippen LogP contribution in [0.25, 0.3) is 0 Å². The predicted octanol–water partition coefficient (Wildman–Crippen LogP) is 3.83. The van der Waals surface area contributed by atoms with Gasteiger partial charge < -0.3 is 25.6 Å². The van der Waals surface area contributed by atoms with E-state index in [-0.39, 0.29) is 11.7 Å². The number of nitrogens with zero attached hydrogens (tertiary/aromatic N) is 5. The van der Waals surface area contributed by atoms with Crippen LogP contribution < -0.4 is 20.7 Å². The zero-order valence-electron chi connectivity index (χ0n) is 19.3. The average Bonchev–Trinajstić information content (AvgIpc) is 2.83. The van der Waals surface area contributed by atoms with Gasteiger partial charge in [-0.3, -0.25) is 0 Å². The smallest absolute Gasteiger partial charge is 0.236 e. The van der Waals surface area contributed by atoms with Crippen LogP contribution >= 0.6 is 0 Å². The van der Waals surface area contributed by atoms with Crippen molar-refractivity contribution in [3.63, 3.8) is 0 Å². The number of ether oxygens (including phenoxy) is 1. The Kier molecular flexibility index (Phi) is 6.48. The van der Waals surface area contributed by atoms with Crippen LogP contribution in [0.4, 0.5) is 27.9 Å². The van der Waals surface area contributed by atoms with Gasteiger partial charge in [0.1, 0.15) is 0 Å². The molecule has 4 heterocycles. The van der Waals surface area contributed by atoms with E-state index >= 15 is 0 Å². The van der Waals surface area contributed by atoms with Gasteiger partial charge in [-0.1, -0.05) is 19.3 Å². The molecule has 0 spiro atoms. The van der Waals surface area contributed by atoms with Crippen LogP contribution in [0, 0.1) is 17.7 Å². The predicted molar refractivity (Wildman–Crippen MR) is 127 cm³/mol. The minimum Gasteiger partial charge on any atom is -0.494 e. The van der Waals surface area contributed by atoms with Crippen LogP contribution in [0.2, 0.25) is 0 Å². The number of fused-ring (bicyclic) bond motifs is 3. The lowest BCUT2D eigenvalue weighted by Crippen LogP contribution is -2.53. The first kappa shape index (κ1) is 22.1. The van der Waals surface area contributed by atoms with Crippen molar-refractivity contribution >= 4 is 23.5 Å². The number of aromatic nitrogens is 3. The molecule has 4 aliphatic rings. The molecule has 2 bridgehead atoms. The van der Waals surface area contributed by atoms with Gasteiger partial charge in [0.15, 0.2) is 11.6 Å². The Labute approximate surface area is 194 Å². The molecule has 0 radical (unpaired) electrons. The zero-order chi connectivity index (χ0) is 22.8. The third-order valence-corrected chi connectivity index (χ3v) is 7.47. The van der Waals surface area contributed by atoms with Gasteiger partial charge in [0.05, 0.1) is 7.11 Å². The van der Waals surface area contributed by atoms with Gasteiger partial charge in [0.2, 0.25) is 17.8 Å². The number of nitrogens with one attached hydrogen (secondary N) is 1. The lowest BCUT2D eigenvalue weighted by Gasteiger charge is -2.44. The molecule has 1 atom stereocenters. The Morgan fingerprint density at radius 3 is 2.58 bits per heavy atom. The number of hydrogen-bond donors (Lipinski definition) is 2. The first-order chi connectivity index (χ1) is 16.1. The van der Waals surface area contributed by atoms with Crippen LogP contribution in [-0.4, -0.2) is 59.2 Å². The Balaban J connectivity index is 1.44. The summed E-state index contributed by atoms with van der Waals surface area (Å²) < 4.78 is 19.7. The lowest BCUT2D eigenvalue weighted by atomic mass is 9.84. The second kappa shape index (κ2) is 9.67. The Hall–Kier alpha value is -2.68. The highest BCUT2D eigenvalue weighted by Crippen LogP contribution is 2.33. The molecule has 178 valence electrons. The molecule has 9 heteroatoms. The molecule has 4 fully saturated rings. The molecular formula is C24H34FN7O. The van der Waals surface area contributed by atoms with Crippen molar-refractivity contribution in [3.05, 3.63) is 24.0 Å². The van der Waals surface area contributed by atoms with E-state index in [9.17, 15) is 4.39 Å². The number of piperidine rings is 3. The van der Waals surface area contributed by atoms with Crippen LogP contribution in [0.15, 0.2) is 18.2 Å². The molecule has 1 aliphatic carbocycles. The molecule has 3 aliphatic heterocycles. The van der Waals surface area contributed by atoms with E-state index < -0.39 is 5.82 Å². The number of benzene rings is 1. The van der Waals surface area contributed by atoms with Crippen LogP contribution in [0.1, 0.15) is 44.9 Å². The minimum atomic E-state index is -0.406. The molecule has 8 nitrogen and oxygen atoms in total. The Bertz CT molecular complexity index is 960. The summed E-state index contributed by atoms with van der Waals surface area (Å²) in [5.41, 5.74) is 6.82. The van der Waals surface area contributed by atoms with Crippen molar-refractivity contribution in [1.29, 1.82) is 0 Å². The highest BCUT2D eigenvalue weighted by atomic mass is 19.1. The summed E-state index contributed by atoms with van der Waals surface area (Å²) >= 11 is 0. The fourth-order valence-electron chi connectivity index (χ4n) is 5.61. The first-order valence-electron chi connectivity index (χ1n) is 12.2. The summed E-state index contributed by atoms with van der Waals surface area (Å²) in [6.45, 7) is 4.06. The molecule has 0 amide bonds. The number of rotatable bonds is 7. The summed E-state index contributed by atoms with van der Waals surface area (Å²) in [6.07, 6.45) is 8.43. The van der Waals surface area contributed by atoms with Gasteiger partial charge in [0, 0.05) is 30.9 Å². The summed E-state index contributed by atoms with van der Waals surface area (Å²) in [5, 5.41) is 3.53. The third-order valence-electron chi connectivity index (χ3n) is 7.47. The maximum atomic E-state index is 14.6. The first-order valence-corrected chi connectivity index (χ1v) is 12.2. The highest BCUT2D eigenvalue weighted by Gasteiger charge is 2.34. The van der Waals surface area contributed by atoms with Gasteiger partial charge in [-0.05, 0) is 62.7 Å². The fraction of sp³-hybridized carbons (Fsp3) is 0.625. The SMILES string of the molecule is COc1ccc(N(CC2CCCCC2)c2nc(N)nc(NC3CN4CCC3CC4)n2)cc1F. The van der Waals surface area contributed by atoms with Crippen LogP contribution in [-0.2, 0) is 0 Å². The standard InChI is InChI=1S/C24H34FN7O/c1-33-21-8-7-18(13-19(21)25)32(14-16-5-3-2-4-6-16)24-29-22(26)28-23(30-24)27-20-15-31-11-9-17(20)10-12-31/h7-8,13,16-17,20H,2-6,9-12,14-15H2,1H3,(H3,26,27,28,29,30). The topological polar surface area (TPSA) is 92.4 Å². The van der Waals surface area contributed by atoms with E-state index in [4.69, 9.17) is 15.5 Å². The van der Waals surface area contributed by atoms with Crippen molar-refractivity contribution in [2.45, 2.75) is 51.0 Å². The van der Waals surface area contributed by atoms with E-state index in [1.54, 1.807) is 6.07 Å². The molecule has 3 N–H and O–H groups in total. The summed E-state index contributed by atoms with van der Waals surface area (Å²) in [5.74, 6) is 2.07. The summed E-state index contributed by atoms with van der Waals surface area (Å²) in [4.78, 5) is 18.1. The van der Waals surface area contributed by atoms with Crippen molar-refractivity contribution in [2.75, 3.05) is 49.2 Å². The lowest BCUT2D eigenvalue weighted by molar-refractivity contribution is 0.0972. The van der Waals surface area contributed by atoms with E-state index in [0.717, 1.165) is 19.4 Å². The Morgan fingerprint density at radius 2 is 1.91 bits per heavy atom. The maximum absolute atomic E-state index is 14.6. The number of halogens is 1. The molecular weight excluding hydrogens is 421 g/mol. The van der Waals surface area contributed by atoms with E-state index in [1.165, 1.54) is 58.4 Å². The van der Waals surface area contributed by atoms with Gasteiger partial charge in [-0.25, -0.2) is 4.39 Å². The van der Waals surface area contributed by atoms with Crippen molar-refractivity contribution in [2.24, 2.45) is 11.8 Å². The molecule has 2 aromatic rings. The largest absolute Gasteiger partial charge is 0.494 e. The quantitative estimate of drug-likeness (QED) is 0.651. The number of methoxy groups -OCH3 is 1. The van der Waals surface area contributed by atoms with Crippen LogP contribution in [0.3, 0.4) is 0 Å². The fourth-order valence-corrected chi connectivity index (χ4v) is 5.61. The monoisotopic (exact) mass is 455 g/mol. The molecule has 1 unspecified atom stereocenters. The second-order valence-electron chi connectivity index (χ2n) is 9.64.